The van der Waals surface area contributed by atoms with Crippen LogP contribution in [0.25, 0.3) is 0 Å². The summed E-state index contributed by atoms with van der Waals surface area (Å²) in [5.74, 6) is 0.550. The third-order valence-corrected chi connectivity index (χ3v) is 3.33. The molecule has 0 saturated heterocycles. The van der Waals surface area contributed by atoms with Crippen LogP contribution in [0.2, 0.25) is 0 Å². The molecule has 1 aromatic rings. The Labute approximate surface area is 120 Å². The quantitative estimate of drug-likeness (QED) is 0.752. The summed E-state index contributed by atoms with van der Waals surface area (Å²) in [5.41, 5.74) is -0.377. The lowest BCUT2D eigenvalue weighted by molar-refractivity contribution is 0.0142. The summed E-state index contributed by atoms with van der Waals surface area (Å²) in [6.45, 7) is 9.77. The van der Waals surface area contributed by atoms with Gasteiger partial charge in [-0.25, -0.2) is 0 Å². The van der Waals surface area contributed by atoms with Gasteiger partial charge in [-0.1, -0.05) is 26.5 Å². The van der Waals surface area contributed by atoms with Crippen LogP contribution >= 0.6 is 0 Å². The summed E-state index contributed by atoms with van der Waals surface area (Å²) in [4.78, 5) is 12.0. The second-order valence-electron chi connectivity index (χ2n) is 5.32. The zero-order valence-electron chi connectivity index (χ0n) is 12.3. The van der Waals surface area contributed by atoms with Gasteiger partial charge in [0.05, 0.1) is 5.60 Å². The molecule has 0 spiro atoms. The lowest BCUT2D eigenvalue weighted by Gasteiger charge is -2.27. The molecule has 0 heterocycles. The number of benzene rings is 1. The second-order valence-corrected chi connectivity index (χ2v) is 5.32. The Hall–Kier alpha value is -1.81. The largest absolute Gasteiger partial charge is 0.490 e. The van der Waals surface area contributed by atoms with Crippen LogP contribution in [-0.2, 0) is 0 Å². The van der Waals surface area contributed by atoms with Crippen molar-refractivity contribution in [1.82, 2.24) is 5.32 Å². The van der Waals surface area contributed by atoms with E-state index in [1.54, 1.807) is 37.3 Å². The molecule has 0 aliphatic carbocycles. The monoisotopic (exact) mass is 277 g/mol. The lowest BCUT2D eigenvalue weighted by atomic mass is 9.92. The molecule has 2 N–H and O–H groups in total. The van der Waals surface area contributed by atoms with E-state index in [0.717, 1.165) is 0 Å². The summed E-state index contributed by atoms with van der Waals surface area (Å²) in [5, 5.41) is 12.8. The van der Waals surface area contributed by atoms with Gasteiger partial charge < -0.3 is 15.2 Å². The fourth-order valence-corrected chi connectivity index (χ4v) is 1.42. The Bertz CT molecular complexity index is 449. The maximum atomic E-state index is 12.0. The van der Waals surface area contributed by atoms with Gasteiger partial charge in [-0.15, -0.1) is 0 Å². The van der Waals surface area contributed by atoms with Gasteiger partial charge in [0.25, 0.3) is 5.91 Å². The topological polar surface area (TPSA) is 58.6 Å². The van der Waals surface area contributed by atoms with E-state index in [9.17, 15) is 9.90 Å². The molecule has 20 heavy (non-hydrogen) atoms. The molecule has 0 bridgehead atoms. The van der Waals surface area contributed by atoms with Gasteiger partial charge in [0.1, 0.15) is 12.4 Å². The average Bonchev–Trinajstić information content (AvgIpc) is 2.43. The number of carbonyl (C=O) groups is 1. The van der Waals surface area contributed by atoms with E-state index < -0.39 is 5.60 Å². The minimum Gasteiger partial charge on any atom is -0.490 e. The van der Waals surface area contributed by atoms with Crippen LogP contribution in [0.15, 0.2) is 36.9 Å². The standard InChI is InChI=1S/C16H23NO3/c1-5-10-20-14-8-6-13(7-9-14)15(18)17-11-16(4,19)12(2)3/h5-9,12,19H,1,10-11H2,2-4H3,(H,17,18). The van der Waals surface area contributed by atoms with Crippen molar-refractivity contribution in [2.24, 2.45) is 5.92 Å². The lowest BCUT2D eigenvalue weighted by Crippen LogP contribution is -2.44. The first kappa shape index (κ1) is 16.2. The highest BCUT2D eigenvalue weighted by Gasteiger charge is 2.25. The zero-order chi connectivity index (χ0) is 15.2. The van der Waals surface area contributed by atoms with Gasteiger partial charge in [0, 0.05) is 12.1 Å². The van der Waals surface area contributed by atoms with Gasteiger partial charge >= 0.3 is 0 Å². The normalized spacial score (nSPS) is 13.7. The van der Waals surface area contributed by atoms with E-state index in [4.69, 9.17) is 4.74 Å². The van der Waals surface area contributed by atoms with Crippen molar-refractivity contribution in [3.8, 4) is 5.75 Å². The van der Waals surface area contributed by atoms with E-state index in [1.807, 2.05) is 13.8 Å². The molecule has 4 nitrogen and oxygen atoms in total. The highest BCUT2D eigenvalue weighted by atomic mass is 16.5. The van der Waals surface area contributed by atoms with E-state index in [2.05, 4.69) is 11.9 Å². The number of hydrogen-bond acceptors (Lipinski definition) is 3. The Balaban J connectivity index is 2.58. The van der Waals surface area contributed by atoms with Crippen LogP contribution in [0.3, 0.4) is 0 Å². The fourth-order valence-electron chi connectivity index (χ4n) is 1.42. The predicted molar refractivity (Wildman–Crippen MR) is 79.9 cm³/mol. The molecule has 1 rings (SSSR count). The fraction of sp³-hybridized carbons (Fsp3) is 0.438. The summed E-state index contributed by atoms with van der Waals surface area (Å²) < 4.78 is 5.35. The minimum absolute atomic E-state index is 0.0671. The number of rotatable bonds is 7. The third kappa shape index (κ3) is 4.70. The second kappa shape index (κ2) is 7.10. The van der Waals surface area contributed by atoms with Crippen molar-refractivity contribution in [2.75, 3.05) is 13.2 Å². The van der Waals surface area contributed by atoms with Crippen LogP contribution in [-0.4, -0.2) is 29.8 Å². The van der Waals surface area contributed by atoms with Crippen LogP contribution in [0.5, 0.6) is 5.75 Å². The highest BCUT2D eigenvalue weighted by Crippen LogP contribution is 2.15. The Kier molecular flexibility index (Phi) is 5.77. The van der Waals surface area contributed by atoms with Crippen LogP contribution in [0.1, 0.15) is 31.1 Å². The van der Waals surface area contributed by atoms with Gasteiger partial charge in [0.2, 0.25) is 0 Å². The molecular formula is C16H23NO3. The van der Waals surface area contributed by atoms with Crippen molar-refractivity contribution >= 4 is 5.91 Å². The number of ether oxygens (including phenoxy) is 1. The van der Waals surface area contributed by atoms with E-state index in [-0.39, 0.29) is 18.4 Å². The predicted octanol–water partition coefficient (Wildman–Crippen LogP) is 2.39. The molecule has 1 aromatic carbocycles. The van der Waals surface area contributed by atoms with Crippen LogP contribution in [0.4, 0.5) is 0 Å². The van der Waals surface area contributed by atoms with Crippen molar-refractivity contribution in [2.45, 2.75) is 26.4 Å². The van der Waals surface area contributed by atoms with Gasteiger partial charge in [-0.3, -0.25) is 4.79 Å². The Morgan fingerprint density at radius 1 is 1.45 bits per heavy atom. The maximum Gasteiger partial charge on any atom is 0.251 e. The number of amides is 1. The molecule has 0 saturated carbocycles. The molecule has 0 aliphatic heterocycles. The van der Waals surface area contributed by atoms with Crippen LogP contribution in [0, 0.1) is 5.92 Å². The SMILES string of the molecule is C=CCOc1ccc(C(=O)NCC(C)(O)C(C)C)cc1. The first-order valence-corrected chi connectivity index (χ1v) is 6.71. The van der Waals surface area contributed by atoms with Gasteiger partial charge in [0.15, 0.2) is 0 Å². The molecular weight excluding hydrogens is 254 g/mol. The summed E-state index contributed by atoms with van der Waals surface area (Å²) in [7, 11) is 0. The molecule has 1 atom stereocenters. The molecule has 0 aromatic heterocycles. The smallest absolute Gasteiger partial charge is 0.251 e. The highest BCUT2D eigenvalue weighted by molar-refractivity contribution is 5.94. The number of aliphatic hydroxyl groups is 1. The van der Waals surface area contributed by atoms with Crippen molar-refractivity contribution < 1.29 is 14.6 Å². The third-order valence-electron chi connectivity index (χ3n) is 3.33. The van der Waals surface area contributed by atoms with Gasteiger partial charge in [-0.2, -0.15) is 0 Å². The number of hydrogen-bond donors (Lipinski definition) is 2. The summed E-state index contributed by atoms with van der Waals surface area (Å²) in [6.07, 6.45) is 1.66. The number of carbonyl (C=O) groups excluding carboxylic acids is 1. The molecule has 1 amide bonds. The minimum atomic E-state index is -0.914. The molecule has 110 valence electrons. The van der Waals surface area contributed by atoms with Crippen molar-refractivity contribution in [3.05, 3.63) is 42.5 Å². The summed E-state index contributed by atoms with van der Waals surface area (Å²) >= 11 is 0. The average molecular weight is 277 g/mol. The zero-order valence-corrected chi connectivity index (χ0v) is 12.3. The van der Waals surface area contributed by atoms with Gasteiger partial charge in [-0.05, 0) is 37.1 Å². The molecule has 0 radical (unpaired) electrons. The van der Waals surface area contributed by atoms with E-state index in [0.29, 0.717) is 17.9 Å². The van der Waals surface area contributed by atoms with E-state index in [1.165, 1.54) is 0 Å². The Morgan fingerprint density at radius 3 is 2.55 bits per heavy atom. The summed E-state index contributed by atoms with van der Waals surface area (Å²) in [6, 6.07) is 6.85. The molecule has 0 aliphatic rings. The first-order valence-electron chi connectivity index (χ1n) is 6.71. The maximum absolute atomic E-state index is 12.0. The van der Waals surface area contributed by atoms with Crippen molar-refractivity contribution in [1.29, 1.82) is 0 Å². The Morgan fingerprint density at radius 2 is 2.05 bits per heavy atom. The first-order chi connectivity index (χ1) is 9.36. The number of nitrogens with one attached hydrogen (secondary N) is 1. The van der Waals surface area contributed by atoms with Crippen LogP contribution < -0.4 is 10.1 Å². The molecule has 1 unspecified atom stereocenters. The van der Waals surface area contributed by atoms with E-state index >= 15 is 0 Å². The molecule has 4 heteroatoms. The molecule has 0 fully saturated rings. The van der Waals surface area contributed by atoms with Crippen molar-refractivity contribution in [3.63, 3.8) is 0 Å².